The average molecular weight is 280 g/mol. The maximum atomic E-state index is 12.5. The monoisotopic (exact) mass is 280 g/mol. The van der Waals surface area contributed by atoms with Crippen molar-refractivity contribution in [3.63, 3.8) is 0 Å². The van der Waals surface area contributed by atoms with Gasteiger partial charge >= 0.3 is 5.97 Å². The number of aliphatic carboxylic acids is 1. The van der Waals surface area contributed by atoms with E-state index in [9.17, 15) is 9.59 Å². The SMILES string of the molecule is O=C(O)C=C1C(=O)N(Cc2ccncc2)c2ccccc21. The molecule has 21 heavy (non-hydrogen) atoms. The fraction of sp³-hybridized carbons (Fsp3) is 0.0625. The molecule has 0 atom stereocenters. The molecule has 5 heteroatoms. The van der Waals surface area contributed by atoms with Crippen LogP contribution in [0.25, 0.3) is 5.57 Å². The zero-order chi connectivity index (χ0) is 14.8. The Morgan fingerprint density at radius 2 is 1.90 bits per heavy atom. The van der Waals surface area contributed by atoms with E-state index in [2.05, 4.69) is 4.98 Å². The van der Waals surface area contributed by atoms with Crippen LogP contribution in [0.3, 0.4) is 0 Å². The smallest absolute Gasteiger partial charge is 0.329 e. The molecule has 3 rings (SSSR count). The molecule has 2 heterocycles. The van der Waals surface area contributed by atoms with Gasteiger partial charge in [0.05, 0.1) is 17.8 Å². The number of anilines is 1. The molecule has 0 fully saturated rings. The van der Waals surface area contributed by atoms with Crippen molar-refractivity contribution in [1.29, 1.82) is 0 Å². The van der Waals surface area contributed by atoms with E-state index >= 15 is 0 Å². The summed E-state index contributed by atoms with van der Waals surface area (Å²) in [4.78, 5) is 28.9. The van der Waals surface area contributed by atoms with E-state index in [1.165, 1.54) is 0 Å². The first-order valence-electron chi connectivity index (χ1n) is 6.41. The van der Waals surface area contributed by atoms with E-state index in [-0.39, 0.29) is 11.5 Å². The van der Waals surface area contributed by atoms with Crippen LogP contribution in [0, 0.1) is 0 Å². The quantitative estimate of drug-likeness (QED) is 0.874. The number of pyridine rings is 1. The number of aromatic nitrogens is 1. The first kappa shape index (κ1) is 13.1. The number of carboxylic acids is 1. The molecule has 2 aromatic rings. The second kappa shape index (κ2) is 5.20. The normalized spacial score (nSPS) is 15.3. The van der Waals surface area contributed by atoms with Crippen LogP contribution in [0.2, 0.25) is 0 Å². The Labute approximate surface area is 121 Å². The Kier molecular flexibility index (Phi) is 3.23. The average Bonchev–Trinajstić information content (AvgIpc) is 2.74. The minimum absolute atomic E-state index is 0.215. The number of hydrogen-bond donors (Lipinski definition) is 1. The highest BCUT2D eigenvalue weighted by Crippen LogP contribution is 2.37. The summed E-state index contributed by atoms with van der Waals surface area (Å²) >= 11 is 0. The number of carbonyl (C=O) groups excluding carboxylic acids is 1. The van der Waals surface area contributed by atoms with Crippen molar-refractivity contribution in [2.24, 2.45) is 0 Å². The number of benzene rings is 1. The highest BCUT2D eigenvalue weighted by Gasteiger charge is 2.32. The minimum atomic E-state index is -1.13. The second-order valence-corrected chi connectivity index (χ2v) is 4.66. The Morgan fingerprint density at radius 1 is 1.19 bits per heavy atom. The van der Waals surface area contributed by atoms with Crippen molar-refractivity contribution in [2.75, 3.05) is 4.90 Å². The van der Waals surface area contributed by atoms with E-state index in [0.29, 0.717) is 12.1 Å². The number of carbonyl (C=O) groups is 2. The first-order chi connectivity index (χ1) is 10.2. The van der Waals surface area contributed by atoms with E-state index in [1.807, 2.05) is 24.3 Å². The van der Waals surface area contributed by atoms with Gasteiger partial charge in [-0.3, -0.25) is 9.78 Å². The van der Waals surface area contributed by atoms with Crippen molar-refractivity contribution < 1.29 is 14.7 Å². The Bertz CT molecular complexity index is 738. The molecule has 5 nitrogen and oxygen atoms in total. The number of amides is 1. The third-order valence-electron chi connectivity index (χ3n) is 3.32. The summed E-state index contributed by atoms with van der Waals surface area (Å²) < 4.78 is 0. The van der Waals surface area contributed by atoms with Gasteiger partial charge in [-0.2, -0.15) is 0 Å². The van der Waals surface area contributed by atoms with Crippen LogP contribution in [0.15, 0.2) is 54.9 Å². The van der Waals surface area contributed by atoms with Crippen LogP contribution < -0.4 is 4.90 Å². The van der Waals surface area contributed by atoms with Gasteiger partial charge in [0.15, 0.2) is 0 Å². The number of carboxylic acid groups (broad SMARTS) is 1. The van der Waals surface area contributed by atoms with Gasteiger partial charge in [-0.15, -0.1) is 0 Å². The molecule has 0 radical (unpaired) electrons. The molecular weight excluding hydrogens is 268 g/mol. The Hall–Kier alpha value is -2.95. The number of para-hydroxylation sites is 1. The molecule has 1 aliphatic rings. The van der Waals surface area contributed by atoms with Gasteiger partial charge in [0.25, 0.3) is 5.91 Å². The van der Waals surface area contributed by atoms with Crippen LogP contribution in [0.4, 0.5) is 5.69 Å². The number of rotatable bonds is 3. The molecule has 0 spiro atoms. The van der Waals surface area contributed by atoms with Gasteiger partial charge in [0.1, 0.15) is 0 Å². The lowest BCUT2D eigenvalue weighted by atomic mass is 10.1. The lowest BCUT2D eigenvalue weighted by Crippen LogP contribution is -2.25. The topological polar surface area (TPSA) is 70.5 Å². The first-order valence-corrected chi connectivity index (χ1v) is 6.41. The highest BCUT2D eigenvalue weighted by molar-refractivity contribution is 6.34. The third-order valence-corrected chi connectivity index (χ3v) is 3.32. The molecule has 0 saturated carbocycles. The van der Waals surface area contributed by atoms with Crippen LogP contribution in [0.5, 0.6) is 0 Å². The molecule has 1 aliphatic heterocycles. The maximum absolute atomic E-state index is 12.5. The zero-order valence-electron chi connectivity index (χ0n) is 11.1. The Morgan fingerprint density at radius 3 is 2.62 bits per heavy atom. The predicted molar refractivity (Wildman–Crippen MR) is 77.5 cm³/mol. The summed E-state index contributed by atoms with van der Waals surface area (Å²) in [6, 6.07) is 10.8. The molecule has 1 N–H and O–H groups in total. The summed E-state index contributed by atoms with van der Waals surface area (Å²) in [6.07, 6.45) is 4.29. The third kappa shape index (κ3) is 2.41. The lowest BCUT2D eigenvalue weighted by Gasteiger charge is -2.16. The molecule has 1 aromatic carbocycles. The van der Waals surface area contributed by atoms with Crippen LogP contribution in [-0.2, 0) is 16.1 Å². The van der Waals surface area contributed by atoms with Gasteiger partial charge in [-0.05, 0) is 23.8 Å². The van der Waals surface area contributed by atoms with Gasteiger partial charge in [-0.1, -0.05) is 18.2 Å². The molecule has 0 saturated heterocycles. The predicted octanol–water partition coefficient (Wildman–Crippen LogP) is 2.10. The van der Waals surface area contributed by atoms with Gasteiger partial charge in [0.2, 0.25) is 0 Å². The molecule has 0 bridgehead atoms. The van der Waals surface area contributed by atoms with Crippen molar-refractivity contribution in [1.82, 2.24) is 4.98 Å². The lowest BCUT2D eigenvalue weighted by molar-refractivity contribution is -0.131. The number of nitrogens with zero attached hydrogens (tertiary/aromatic N) is 2. The summed E-state index contributed by atoms with van der Waals surface area (Å²) in [5.74, 6) is -1.42. The van der Waals surface area contributed by atoms with Crippen molar-refractivity contribution in [2.45, 2.75) is 6.54 Å². The fourth-order valence-corrected chi connectivity index (χ4v) is 2.40. The zero-order valence-corrected chi connectivity index (χ0v) is 11.1. The standard InChI is InChI=1S/C16H12N2O3/c19-15(20)9-13-12-3-1-2-4-14(12)18(16(13)21)10-11-5-7-17-8-6-11/h1-9H,10H2,(H,19,20). The van der Waals surface area contributed by atoms with E-state index in [4.69, 9.17) is 5.11 Å². The van der Waals surface area contributed by atoms with Crippen LogP contribution >= 0.6 is 0 Å². The van der Waals surface area contributed by atoms with E-state index in [0.717, 1.165) is 17.3 Å². The molecule has 104 valence electrons. The van der Waals surface area contributed by atoms with Crippen LogP contribution in [-0.4, -0.2) is 22.0 Å². The molecule has 0 aliphatic carbocycles. The van der Waals surface area contributed by atoms with E-state index in [1.54, 1.807) is 29.4 Å². The van der Waals surface area contributed by atoms with Crippen molar-refractivity contribution >= 4 is 23.1 Å². The molecule has 1 aromatic heterocycles. The second-order valence-electron chi connectivity index (χ2n) is 4.66. The maximum Gasteiger partial charge on any atom is 0.329 e. The summed E-state index contributed by atoms with van der Waals surface area (Å²) in [5, 5.41) is 8.94. The minimum Gasteiger partial charge on any atom is -0.478 e. The van der Waals surface area contributed by atoms with E-state index < -0.39 is 5.97 Å². The van der Waals surface area contributed by atoms with Gasteiger partial charge < -0.3 is 10.0 Å². The summed E-state index contributed by atoms with van der Waals surface area (Å²) in [7, 11) is 0. The van der Waals surface area contributed by atoms with Crippen molar-refractivity contribution in [3.05, 3.63) is 66.0 Å². The Balaban J connectivity index is 2.03. The largest absolute Gasteiger partial charge is 0.478 e. The molecule has 0 unspecified atom stereocenters. The van der Waals surface area contributed by atoms with Gasteiger partial charge in [0, 0.05) is 24.0 Å². The molecular formula is C16H12N2O3. The van der Waals surface area contributed by atoms with Crippen molar-refractivity contribution in [3.8, 4) is 0 Å². The summed E-state index contributed by atoms with van der Waals surface area (Å²) in [5.41, 5.74) is 2.53. The van der Waals surface area contributed by atoms with Crippen LogP contribution in [0.1, 0.15) is 11.1 Å². The molecule has 1 amide bonds. The number of fused-ring (bicyclic) bond motifs is 1. The fourth-order valence-electron chi connectivity index (χ4n) is 2.40. The number of hydrogen-bond acceptors (Lipinski definition) is 3. The summed E-state index contributed by atoms with van der Waals surface area (Å²) in [6.45, 7) is 0.384. The highest BCUT2D eigenvalue weighted by atomic mass is 16.4. The van der Waals surface area contributed by atoms with Gasteiger partial charge in [-0.25, -0.2) is 4.79 Å².